The number of carbonyl (C=O) groups excluding carboxylic acids is 3. The van der Waals surface area contributed by atoms with Crippen molar-refractivity contribution in [2.75, 3.05) is 13.2 Å². The van der Waals surface area contributed by atoms with E-state index < -0.39 is 18.1 Å². The topological polar surface area (TPSA) is 109 Å². The number of aryl methyl sites for hydroxylation is 1. The Morgan fingerprint density at radius 3 is 2.46 bits per heavy atom. The van der Waals surface area contributed by atoms with Gasteiger partial charge in [0.2, 0.25) is 17.7 Å². The molecule has 2 aromatic rings. The second-order valence-electron chi connectivity index (χ2n) is 11.7. The molecule has 0 saturated heterocycles. The Morgan fingerprint density at radius 2 is 1.73 bits per heavy atom. The number of hydrogen-bond acceptors (Lipinski definition) is 5. The van der Waals surface area contributed by atoms with Gasteiger partial charge in [0.25, 0.3) is 0 Å². The molecule has 1 saturated carbocycles. The fourth-order valence-corrected chi connectivity index (χ4v) is 5.17. The number of ether oxygens (including phenoxy) is 1. The fourth-order valence-electron chi connectivity index (χ4n) is 5.17. The van der Waals surface area contributed by atoms with Crippen LogP contribution in [0, 0.1) is 17.7 Å². The molecular formula is C32H43FN4O4. The number of rotatable bonds is 5. The Balaban J connectivity index is 1.59. The molecule has 1 fully saturated rings. The van der Waals surface area contributed by atoms with Gasteiger partial charge in [-0.05, 0) is 73.8 Å². The monoisotopic (exact) mass is 566 g/mol. The van der Waals surface area contributed by atoms with Gasteiger partial charge >= 0.3 is 0 Å². The normalized spacial score (nSPS) is 25.1. The Labute approximate surface area is 242 Å². The van der Waals surface area contributed by atoms with Crippen molar-refractivity contribution >= 4 is 17.7 Å². The number of nitrogens with one attached hydrogen (secondary N) is 4. The largest absolute Gasteiger partial charge is 0.492 e. The molecule has 0 spiro atoms. The Morgan fingerprint density at radius 1 is 0.951 bits per heavy atom. The molecule has 0 unspecified atom stereocenters. The van der Waals surface area contributed by atoms with E-state index in [1.165, 1.54) is 12.1 Å². The molecule has 4 rings (SSSR count). The summed E-state index contributed by atoms with van der Waals surface area (Å²) < 4.78 is 20.1. The second kappa shape index (κ2) is 14.4. The summed E-state index contributed by atoms with van der Waals surface area (Å²) in [5.41, 5.74) is 1.69. The average molecular weight is 567 g/mol. The van der Waals surface area contributed by atoms with Crippen molar-refractivity contribution in [1.82, 2.24) is 21.3 Å². The van der Waals surface area contributed by atoms with Crippen molar-refractivity contribution in [3.05, 3.63) is 65.5 Å². The molecule has 3 amide bonds. The molecule has 1 aliphatic carbocycles. The fraction of sp³-hybridized carbons (Fsp3) is 0.531. The summed E-state index contributed by atoms with van der Waals surface area (Å²) in [7, 11) is 0. The van der Waals surface area contributed by atoms with Gasteiger partial charge in [0.05, 0.1) is 6.04 Å². The van der Waals surface area contributed by atoms with Crippen LogP contribution in [0.3, 0.4) is 0 Å². The summed E-state index contributed by atoms with van der Waals surface area (Å²) in [4.78, 5) is 40.3. The first-order valence-electron chi connectivity index (χ1n) is 14.8. The van der Waals surface area contributed by atoms with Gasteiger partial charge in [-0.3, -0.25) is 19.7 Å². The van der Waals surface area contributed by atoms with Crippen LogP contribution in [-0.2, 0) is 27.2 Å². The number of hydrogen-bond donors (Lipinski definition) is 4. The third-order valence-electron chi connectivity index (χ3n) is 7.66. The minimum absolute atomic E-state index is 0.204. The molecule has 0 radical (unpaired) electrons. The highest BCUT2D eigenvalue weighted by Gasteiger charge is 2.34. The summed E-state index contributed by atoms with van der Waals surface area (Å²) in [5.74, 6) is -0.384. The number of carbonyl (C=O) groups is 3. The summed E-state index contributed by atoms with van der Waals surface area (Å²) in [6.07, 6.45) is 4.35. The van der Waals surface area contributed by atoms with Crippen LogP contribution in [0.4, 0.5) is 4.39 Å². The van der Waals surface area contributed by atoms with Crippen molar-refractivity contribution in [2.45, 2.75) is 83.5 Å². The van der Waals surface area contributed by atoms with Crippen LogP contribution >= 0.6 is 0 Å². The van der Waals surface area contributed by atoms with E-state index in [0.717, 1.165) is 37.0 Å². The summed E-state index contributed by atoms with van der Waals surface area (Å²) in [6, 6.07) is 11.5. The number of amides is 3. The maximum absolute atomic E-state index is 14.0. The Kier molecular flexibility index (Phi) is 10.7. The lowest BCUT2D eigenvalue weighted by Crippen LogP contribution is -2.59. The predicted octanol–water partition coefficient (Wildman–Crippen LogP) is 3.28. The van der Waals surface area contributed by atoms with E-state index in [1.807, 2.05) is 45.0 Å². The van der Waals surface area contributed by atoms with Crippen LogP contribution in [-0.4, -0.2) is 55.0 Å². The standard InChI is InChI=1S/C32H43FN4O4/c1-20(2)29-32(40)36-26(17-22-13-14-22)30(38)34-15-7-10-24-9-4-5-12-28(24)41-19-21(3)35-27(31(39)37-29)18-23-8-6-11-25(33)16-23/h4-6,8-9,11-12,16,20-22,26-27,29,35H,7,10,13-15,17-19H2,1-3H3,(H,34,38)(H,36,40)(H,37,39)/t21-,26+,27-,29-/m1/s1. The Bertz CT molecular complexity index is 1200. The zero-order valence-electron chi connectivity index (χ0n) is 24.3. The number of fused-ring (bicyclic) bond motifs is 1. The highest BCUT2D eigenvalue weighted by atomic mass is 19.1. The van der Waals surface area contributed by atoms with Crippen molar-refractivity contribution in [3.8, 4) is 5.75 Å². The van der Waals surface area contributed by atoms with Gasteiger partial charge in [-0.15, -0.1) is 0 Å². The highest BCUT2D eigenvalue weighted by Crippen LogP contribution is 2.33. The molecule has 4 N–H and O–H groups in total. The van der Waals surface area contributed by atoms with Crippen LogP contribution in [0.25, 0.3) is 0 Å². The molecular weight excluding hydrogens is 523 g/mol. The molecule has 2 aromatic carbocycles. The summed E-state index contributed by atoms with van der Waals surface area (Å²) in [5, 5.41) is 12.2. The van der Waals surface area contributed by atoms with Gasteiger partial charge in [-0.2, -0.15) is 0 Å². The number of halogens is 1. The smallest absolute Gasteiger partial charge is 0.243 e. The molecule has 1 aliphatic heterocycles. The minimum Gasteiger partial charge on any atom is -0.492 e. The lowest BCUT2D eigenvalue weighted by molar-refractivity contribution is -0.133. The van der Waals surface area contributed by atoms with E-state index in [1.54, 1.807) is 12.1 Å². The first-order chi connectivity index (χ1) is 19.7. The van der Waals surface area contributed by atoms with E-state index in [0.29, 0.717) is 31.1 Å². The lowest BCUT2D eigenvalue weighted by atomic mass is 9.99. The molecule has 4 atom stereocenters. The third-order valence-corrected chi connectivity index (χ3v) is 7.66. The van der Waals surface area contributed by atoms with Gasteiger partial charge in [0.15, 0.2) is 0 Å². The molecule has 9 heteroatoms. The first kappa shape index (κ1) is 30.5. The van der Waals surface area contributed by atoms with Crippen molar-refractivity contribution in [3.63, 3.8) is 0 Å². The SMILES string of the molecule is CC(C)[C@H]1NC(=O)[C@@H](Cc2cccc(F)c2)N[C@H](C)COc2ccccc2CCCNC(=O)[C@H](CC2CC2)NC1=O. The van der Waals surface area contributed by atoms with E-state index >= 15 is 0 Å². The molecule has 8 nitrogen and oxygen atoms in total. The van der Waals surface area contributed by atoms with Gasteiger partial charge in [-0.25, -0.2) is 4.39 Å². The molecule has 1 heterocycles. The molecule has 2 aliphatic rings. The maximum Gasteiger partial charge on any atom is 0.243 e. The van der Waals surface area contributed by atoms with E-state index in [2.05, 4.69) is 21.3 Å². The van der Waals surface area contributed by atoms with Gasteiger partial charge < -0.3 is 20.7 Å². The van der Waals surface area contributed by atoms with E-state index in [9.17, 15) is 18.8 Å². The third kappa shape index (κ3) is 9.28. The predicted molar refractivity (Wildman–Crippen MR) is 156 cm³/mol. The van der Waals surface area contributed by atoms with Gasteiger partial charge in [0, 0.05) is 12.6 Å². The van der Waals surface area contributed by atoms with Crippen molar-refractivity contribution in [1.29, 1.82) is 0 Å². The van der Waals surface area contributed by atoms with Crippen molar-refractivity contribution in [2.24, 2.45) is 11.8 Å². The van der Waals surface area contributed by atoms with Crippen LogP contribution < -0.4 is 26.0 Å². The lowest BCUT2D eigenvalue weighted by Gasteiger charge is -2.29. The quantitative estimate of drug-likeness (QED) is 0.444. The zero-order chi connectivity index (χ0) is 29.4. The number of para-hydroxylation sites is 1. The molecule has 0 bridgehead atoms. The minimum atomic E-state index is -0.842. The van der Waals surface area contributed by atoms with Crippen LogP contribution in [0.1, 0.15) is 57.6 Å². The highest BCUT2D eigenvalue weighted by molar-refractivity contribution is 5.93. The van der Waals surface area contributed by atoms with Crippen LogP contribution in [0.15, 0.2) is 48.5 Å². The summed E-state index contributed by atoms with van der Waals surface area (Å²) in [6.45, 7) is 6.42. The molecule has 222 valence electrons. The van der Waals surface area contributed by atoms with E-state index in [-0.39, 0.29) is 41.9 Å². The van der Waals surface area contributed by atoms with Crippen LogP contribution in [0.5, 0.6) is 5.75 Å². The first-order valence-corrected chi connectivity index (χ1v) is 14.8. The van der Waals surface area contributed by atoms with E-state index in [4.69, 9.17) is 4.74 Å². The van der Waals surface area contributed by atoms with Crippen LogP contribution in [0.2, 0.25) is 0 Å². The maximum atomic E-state index is 14.0. The van der Waals surface area contributed by atoms with Gasteiger partial charge in [0.1, 0.15) is 30.3 Å². The molecule has 41 heavy (non-hydrogen) atoms. The Hall–Kier alpha value is -3.46. The summed E-state index contributed by atoms with van der Waals surface area (Å²) >= 11 is 0. The molecule has 0 aromatic heterocycles. The van der Waals surface area contributed by atoms with Gasteiger partial charge in [-0.1, -0.05) is 57.0 Å². The van der Waals surface area contributed by atoms with Crippen molar-refractivity contribution < 1.29 is 23.5 Å². The zero-order valence-corrected chi connectivity index (χ0v) is 24.3. The number of benzene rings is 2. The second-order valence-corrected chi connectivity index (χ2v) is 11.7. The average Bonchev–Trinajstić information content (AvgIpc) is 3.76.